The lowest BCUT2D eigenvalue weighted by Gasteiger charge is -2.22. The van der Waals surface area contributed by atoms with Crippen LogP contribution >= 0.6 is 0 Å². The summed E-state index contributed by atoms with van der Waals surface area (Å²) >= 11 is 0. The van der Waals surface area contributed by atoms with Gasteiger partial charge < -0.3 is 19.7 Å². The molecule has 166 valence electrons. The van der Waals surface area contributed by atoms with Gasteiger partial charge in [0, 0.05) is 36.1 Å². The SMILES string of the molecule is CCN(CC)c1ccc(NC(=O)Cn2nc(-c3ccc4c(c3)OCO4)ccc2=O)c(C)c1. The average molecular weight is 434 g/mol. The standard InChI is InChI=1S/C24H26N4O4/c1-4-27(5-2)18-7-8-19(16(3)12-18)25-23(29)14-28-24(30)11-9-20(26-28)17-6-10-21-22(13-17)32-15-31-21/h6-13H,4-5,14-15H2,1-3H3,(H,25,29). The van der Waals surface area contributed by atoms with Gasteiger partial charge in [-0.25, -0.2) is 4.68 Å². The monoisotopic (exact) mass is 434 g/mol. The summed E-state index contributed by atoms with van der Waals surface area (Å²) < 4.78 is 11.9. The van der Waals surface area contributed by atoms with Gasteiger partial charge in [-0.1, -0.05) is 0 Å². The van der Waals surface area contributed by atoms with Crippen LogP contribution in [0.25, 0.3) is 11.3 Å². The fourth-order valence-corrected chi connectivity index (χ4v) is 3.67. The number of nitrogens with one attached hydrogen (secondary N) is 1. The minimum absolute atomic E-state index is 0.182. The molecule has 1 aliphatic rings. The highest BCUT2D eigenvalue weighted by Crippen LogP contribution is 2.35. The fourth-order valence-electron chi connectivity index (χ4n) is 3.67. The molecule has 0 unspecified atom stereocenters. The van der Waals surface area contributed by atoms with Crippen LogP contribution in [0.2, 0.25) is 0 Å². The number of benzene rings is 2. The Morgan fingerprint density at radius 2 is 1.84 bits per heavy atom. The van der Waals surface area contributed by atoms with Gasteiger partial charge in [0.05, 0.1) is 5.69 Å². The number of anilines is 2. The number of aryl methyl sites for hydroxylation is 1. The van der Waals surface area contributed by atoms with Gasteiger partial charge in [-0.05, 0) is 68.8 Å². The van der Waals surface area contributed by atoms with E-state index in [1.807, 2.05) is 31.2 Å². The van der Waals surface area contributed by atoms with Gasteiger partial charge in [0.2, 0.25) is 12.7 Å². The van der Waals surface area contributed by atoms with Crippen molar-refractivity contribution < 1.29 is 14.3 Å². The summed E-state index contributed by atoms with van der Waals surface area (Å²) in [7, 11) is 0. The number of ether oxygens (including phenoxy) is 2. The predicted octanol–water partition coefficient (Wildman–Crippen LogP) is 3.43. The highest BCUT2D eigenvalue weighted by atomic mass is 16.7. The minimum atomic E-state index is -0.349. The molecule has 0 atom stereocenters. The van der Waals surface area contributed by atoms with Crippen molar-refractivity contribution in [3.63, 3.8) is 0 Å². The summed E-state index contributed by atoms with van der Waals surface area (Å²) in [5, 5.41) is 7.26. The molecule has 0 fully saturated rings. The predicted molar refractivity (Wildman–Crippen MR) is 123 cm³/mol. The molecule has 4 rings (SSSR count). The summed E-state index contributed by atoms with van der Waals surface area (Å²) in [6.45, 7) is 7.99. The van der Waals surface area contributed by atoms with Crippen LogP contribution in [0.3, 0.4) is 0 Å². The zero-order valence-corrected chi connectivity index (χ0v) is 18.4. The Labute approximate surface area is 186 Å². The van der Waals surface area contributed by atoms with Crippen LogP contribution < -0.4 is 25.2 Å². The Balaban J connectivity index is 1.50. The van der Waals surface area contributed by atoms with Crippen molar-refractivity contribution in [3.05, 3.63) is 64.4 Å². The molecule has 1 aromatic heterocycles. The molecule has 3 aromatic rings. The first kappa shape index (κ1) is 21.4. The number of carbonyl (C=O) groups excluding carboxylic acids is 1. The number of fused-ring (bicyclic) bond motifs is 1. The summed E-state index contributed by atoms with van der Waals surface area (Å²) in [4.78, 5) is 27.2. The van der Waals surface area contributed by atoms with Crippen molar-refractivity contribution in [1.29, 1.82) is 0 Å². The van der Waals surface area contributed by atoms with E-state index in [-0.39, 0.29) is 24.8 Å². The average Bonchev–Trinajstić information content (AvgIpc) is 3.26. The number of rotatable bonds is 7. The minimum Gasteiger partial charge on any atom is -0.454 e. The summed E-state index contributed by atoms with van der Waals surface area (Å²) in [6.07, 6.45) is 0. The molecular weight excluding hydrogens is 408 g/mol. The zero-order valence-electron chi connectivity index (χ0n) is 18.4. The second kappa shape index (κ2) is 9.13. The second-order valence-corrected chi connectivity index (χ2v) is 7.50. The van der Waals surface area contributed by atoms with E-state index in [0.717, 1.165) is 34.6 Å². The van der Waals surface area contributed by atoms with Crippen molar-refractivity contribution in [2.45, 2.75) is 27.3 Å². The topological polar surface area (TPSA) is 85.7 Å². The van der Waals surface area contributed by atoms with E-state index < -0.39 is 0 Å². The molecule has 1 aliphatic heterocycles. The maximum absolute atomic E-state index is 12.7. The number of carbonyl (C=O) groups is 1. The van der Waals surface area contributed by atoms with Crippen LogP contribution in [0.1, 0.15) is 19.4 Å². The first-order valence-corrected chi connectivity index (χ1v) is 10.6. The third kappa shape index (κ3) is 4.44. The highest BCUT2D eigenvalue weighted by molar-refractivity contribution is 5.91. The molecule has 0 saturated carbocycles. The summed E-state index contributed by atoms with van der Waals surface area (Å²) in [5.74, 6) is 0.980. The molecular formula is C24H26N4O4. The molecule has 0 bridgehead atoms. The van der Waals surface area contributed by atoms with Crippen LogP contribution in [0.4, 0.5) is 11.4 Å². The molecule has 8 heteroatoms. The van der Waals surface area contributed by atoms with Gasteiger partial charge >= 0.3 is 0 Å². The van der Waals surface area contributed by atoms with E-state index in [2.05, 4.69) is 29.2 Å². The number of hydrogen-bond acceptors (Lipinski definition) is 6. The van der Waals surface area contributed by atoms with E-state index in [4.69, 9.17) is 9.47 Å². The number of amides is 1. The maximum atomic E-state index is 12.7. The molecule has 0 saturated heterocycles. The van der Waals surface area contributed by atoms with Gasteiger partial charge in [0.25, 0.3) is 5.56 Å². The molecule has 0 radical (unpaired) electrons. The maximum Gasteiger partial charge on any atom is 0.267 e. The van der Waals surface area contributed by atoms with E-state index >= 15 is 0 Å². The van der Waals surface area contributed by atoms with E-state index in [1.165, 1.54) is 6.07 Å². The molecule has 32 heavy (non-hydrogen) atoms. The lowest BCUT2D eigenvalue weighted by molar-refractivity contribution is -0.117. The van der Waals surface area contributed by atoms with Crippen molar-refractivity contribution in [2.24, 2.45) is 0 Å². The third-order valence-electron chi connectivity index (χ3n) is 5.44. The quantitative estimate of drug-likeness (QED) is 0.613. The lowest BCUT2D eigenvalue weighted by Crippen LogP contribution is -2.29. The van der Waals surface area contributed by atoms with E-state index in [0.29, 0.717) is 22.9 Å². The van der Waals surface area contributed by atoms with Crippen LogP contribution in [-0.2, 0) is 11.3 Å². The van der Waals surface area contributed by atoms with Crippen LogP contribution in [0.5, 0.6) is 11.5 Å². The Morgan fingerprint density at radius 1 is 1.06 bits per heavy atom. The van der Waals surface area contributed by atoms with E-state index in [9.17, 15) is 9.59 Å². The van der Waals surface area contributed by atoms with Crippen molar-refractivity contribution in [3.8, 4) is 22.8 Å². The first-order chi connectivity index (χ1) is 15.5. The molecule has 1 amide bonds. The largest absolute Gasteiger partial charge is 0.454 e. The molecule has 1 N–H and O–H groups in total. The van der Waals surface area contributed by atoms with Crippen LogP contribution in [-0.4, -0.2) is 35.6 Å². The van der Waals surface area contributed by atoms with Crippen LogP contribution in [0, 0.1) is 6.92 Å². The molecule has 8 nitrogen and oxygen atoms in total. The Bertz CT molecular complexity index is 1200. The number of aromatic nitrogens is 2. The van der Waals surface area contributed by atoms with Gasteiger partial charge in [0.1, 0.15) is 6.54 Å². The fraction of sp³-hybridized carbons (Fsp3) is 0.292. The summed E-state index contributed by atoms with van der Waals surface area (Å²) in [6, 6.07) is 14.4. The normalized spacial score (nSPS) is 12.0. The zero-order chi connectivity index (χ0) is 22.7. The van der Waals surface area contributed by atoms with Gasteiger partial charge in [-0.3, -0.25) is 9.59 Å². The first-order valence-electron chi connectivity index (χ1n) is 10.6. The molecule has 0 spiro atoms. The smallest absolute Gasteiger partial charge is 0.267 e. The van der Waals surface area contributed by atoms with Crippen molar-refractivity contribution in [1.82, 2.24) is 9.78 Å². The second-order valence-electron chi connectivity index (χ2n) is 7.50. The van der Waals surface area contributed by atoms with E-state index in [1.54, 1.807) is 18.2 Å². The van der Waals surface area contributed by atoms with Crippen molar-refractivity contribution in [2.75, 3.05) is 30.1 Å². The van der Waals surface area contributed by atoms with Crippen LogP contribution in [0.15, 0.2) is 53.3 Å². The Kier molecular flexibility index (Phi) is 6.11. The summed E-state index contributed by atoms with van der Waals surface area (Å²) in [5.41, 5.74) is 3.77. The molecule has 0 aliphatic carbocycles. The van der Waals surface area contributed by atoms with Gasteiger partial charge in [-0.15, -0.1) is 0 Å². The Morgan fingerprint density at radius 3 is 2.59 bits per heavy atom. The van der Waals surface area contributed by atoms with Gasteiger partial charge in [-0.2, -0.15) is 5.10 Å². The third-order valence-corrected chi connectivity index (χ3v) is 5.44. The number of nitrogens with zero attached hydrogens (tertiary/aromatic N) is 3. The highest BCUT2D eigenvalue weighted by Gasteiger charge is 2.15. The molecule has 2 heterocycles. The number of hydrogen-bond donors (Lipinski definition) is 1. The van der Waals surface area contributed by atoms with Gasteiger partial charge in [0.15, 0.2) is 11.5 Å². The lowest BCUT2D eigenvalue weighted by atomic mass is 10.1. The molecule has 2 aromatic carbocycles. The Hall–Kier alpha value is -3.81. The van der Waals surface area contributed by atoms with Crippen molar-refractivity contribution >= 4 is 17.3 Å².